The molecule has 1 aliphatic heterocycles. The summed E-state index contributed by atoms with van der Waals surface area (Å²) >= 11 is 0. The first-order chi connectivity index (χ1) is 11.0. The van der Waals surface area contributed by atoms with Crippen LogP contribution in [0.3, 0.4) is 0 Å². The highest BCUT2D eigenvalue weighted by molar-refractivity contribution is 6.06. The molecule has 0 aliphatic carbocycles. The molecule has 23 heavy (non-hydrogen) atoms. The number of carbonyl (C=O) groups is 2. The molecular formula is C18H19N3O2. The smallest absolute Gasteiger partial charge is 0.255 e. The number of nitrogens with two attached hydrogens (primary N) is 1. The lowest BCUT2D eigenvalue weighted by atomic mass is 9.99. The molecule has 2 aromatic rings. The predicted octanol–water partition coefficient (Wildman–Crippen LogP) is 2.03. The lowest BCUT2D eigenvalue weighted by Gasteiger charge is -2.25. The van der Waals surface area contributed by atoms with Crippen molar-refractivity contribution < 1.29 is 9.59 Å². The molecule has 2 amide bonds. The fourth-order valence-electron chi connectivity index (χ4n) is 2.79. The number of nitrogens with one attached hydrogen (secondary N) is 1. The molecule has 0 unspecified atom stereocenters. The first-order valence-electron chi connectivity index (χ1n) is 7.54. The zero-order valence-corrected chi connectivity index (χ0v) is 13.0. The summed E-state index contributed by atoms with van der Waals surface area (Å²) in [4.78, 5) is 25.8. The highest BCUT2D eigenvalue weighted by Crippen LogP contribution is 2.22. The summed E-state index contributed by atoms with van der Waals surface area (Å²) in [5, 5.41) is 2.88. The molecule has 3 N–H and O–H groups in total. The third-order valence-corrected chi connectivity index (χ3v) is 4.08. The van der Waals surface area contributed by atoms with Crippen LogP contribution in [-0.4, -0.2) is 30.3 Å². The van der Waals surface area contributed by atoms with Gasteiger partial charge in [0.1, 0.15) is 0 Å². The van der Waals surface area contributed by atoms with Crippen molar-refractivity contribution in [2.45, 2.75) is 13.0 Å². The van der Waals surface area contributed by atoms with Gasteiger partial charge in [0.15, 0.2) is 0 Å². The quantitative estimate of drug-likeness (QED) is 0.911. The molecule has 0 saturated carbocycles. The fourth-order valence-corrected chi connectivity index (χ4v) is 2.79. The molecule has 0 aromatic heterocycles. The second-order valence-electron chi connectivity index (χ2n) is 5.87. The number of primary amides is 1. The number of benzene rings is 2. The monoisotopic (exact) mass is 309 g/mol. The molecule has 3 rings (SSSR count). The molecular weight excluding hydrogens is 290 g/mol. The summed E-state index contributed by atoms with van der Waals surface area (Å²) in [5.74, 6) is -0.798. The molecule has 0 fully saturated rings. The molecule has 0 atom stereocenters. The van der Waals surface area contributed by atoms with Gasteiger partial charge in [0.05, 0.1) is 0 Å². The van der Waals surface area contributed by atoms with Gasteiger partial charge in [-0.1, -0.05) is 12.1 Å². The lowest BCUT2D eigenvalue weighted by molar-refractivity contribution is 0.1000. The summed E-state index contributed by atoms with van der Waals surface area (Å²) in [6.07, 6.45) is 1.03. The van der Waals surface area contributed by atoms with Crippen molar-refractivity contribution in [1.82, 2.24) is 4.90 Å². The van der Waals surface area contributed by atoms with Gasteiger partial charge >= 0.3 is 0 Å². The largest absolute Gasteiger partial charge is 0.366 e. The first kappa shape index (κ1) is 15.2. The Labute approximate surface area is 135 Å². The molecule has 0 bridgehead atoms. The predicted molar refractivity (Wildman–Crippen MR) is 89.4 cm³/mol. The summed E-state index contributed by atoms with van der Waals surface area (Å²) < 4.78 is 0. The highest BCUT2D eigenvalue weighted by Gasteiger charge is 2.14. The second kappa shape index (κ2) is 6.22. The van der Waals surface area contributed by atoms with Crippen LogP contribution in [0, 0.1) is 0 Å². The van der Waals surface area contributed by atoms with E-state index in [4.69, 9.17) is 5.73 Å². The Morgan fingerprint density at radius 3 is 2.65 bits per heavy atom. The van der Waals surface area contributed by atoms with E-state index < -0.39 is 5.91 Å². The molecule has 1 aliphatic rings. The number of amides is 2. The Bertz CT molecular complexity index is 771. The second-order valence-corrected chi connectivity index (χ2v) is 5.87. The number of likely N-dealkylation sites (N-methyl/N-ethyl adjacent to an activating group) is 1. The summed E-state index contributed by atoms with van der Waals surface area (Å²) in [7, 11) is 2.09. The Morgan fingerprint density at radius 1 is 1.09 bits per heavy atom. The van der Waals surface area contributed by atoms with Crippen LogP contribution in [0.2, 0.25) is 0 Å². The van der Waals surface area contributed by atoms with Crippen molar-refractivity contribution >= 4 is 17.5 Å². The van der Waals surface area contributed by atoms with E-state index in [9.17, 15) is 9.59 Å². The van der Waals surface area contributed by atoms with Crippen molar-refractivity contribution in [1.29, 1.82) is 0 Å². The van der Waals surface area contributed by atoms with Crippen LogP contribution < -0.4 is 11.1 Å². The van der Waals surface area contributed by atoms with Gasteiger partial charge < -0.3 is 16.0 Å². The van der Waals surface area contributed by atoms with Gasteiger partial charge in [0, 0.05) is 29.9 Å². The van der Waals surface area contributed by atoms with E-state index in [1.807, 2.05) is 12.1 Å². The Balaban J connectivity index is 1.79. The molecule has 5 nitrogen and oxygen atoms in total. The van der Waals surface area contributed by atoms with Gasteiger partial charge in [-0.05, 0) is 54.9 Å². The van der Waals surface area contributed by atoms with Gasteiger partial charge in [-0.15, -0.1) is 0 Å². The Morgan fingerprint density at radius 2 is 1.87 bits per heavy atom. The van der Waals surface area contributed by atoms with Gasteiger partial charge in [0.2, 0.25) is 5.91 Å². The molecule has 2 aromatic carbocycles. The van der Waals surface area contributed by atoms with E-state index in [1.54, 1.807) is 18.2 Å². The SMILES string of the molecule is CN1CCc2ccc(NC(=O)c3cccc(C(N)=O)c3)cc2C1. The van der Waals surface area contributed by atoms with Crippen LogP contribution in [0.5, 0.6) is 0 Å². The molecule has 0 spiro atoms. The zero-order chi connectivity index (χ0) is 16.4. The maximum Gasteiger partial charge on any atom is 0.255 e. The van der Waals surface area contributed by atoms with Crippen molar-refractivity contribution in [3.8, 4) is 0 Å². The molecule has 0 saturated heterocycles. The van der Waals surface area contributed by atoms with E-state index in [2.05, 4.69) is 23.3 Å². The maximum absolute atomic E-state index is 12.3. The van der Waals surface area contributed by atoms with Crippen LogP contribution in [-0.2, 0) is 13.0 Å². The summed E-state index contributed by atoms with van der Waals surface area (Å²) in [6, 6.07) is 12.4. The van der Waals surface area contributed by atoms with Crippen LogP contribution in [0.1, 0.15) is 31.8 Å². The third-order valence-electron chi connectivity index (χ3n) is 4.08. The normalized spacial score (nSPS) is 14.1. The van der Waals surface area contributed by atoms with E-state index in [1.165, 1.54) is 17.2 Å². The molecule has 0 radical (unpaired) electrons. The third kappa shape index (κ3) is 3.40. The average Bonchev–Trinajstić information content (AvgIpc) is 2.54. The number of anilines is 1. The highest BCUT2D eigenvalue weighted by atomic mass is 16.2. The first-order valence-corrected chi connectivity index (χ1v) is 7.54. The van der Waals surface area contributed by atoms with E-state index in [0.717, 1.165) is 25.2 Å². The van der Waals surface area contributed by atoms with Crippen molar-refractivity contribution in [3.05, 3.63) is 64.7 Å². The van der Waals surface area contributed by atoms with Gasteiger partial charge in [-0.3, -0.25) is 9.59 Å². The molecule has 1 heterocycles. The fraction of sp³-hybridized carbons (Fsp3) is 0.222. The van der Waals surface area contributed by atoms with Crippen molar-refractivity contribution in [2.75, 3.05) is 18.9 Å². The molecule has 5 heteroatoms. The van der Waals surface area contributed by atoms with E-state index in [0.29, 0.717) is 11.1 Å². The van der Waals surface area contributed by atoms with Crippen LogP contribution in [0.25, 0.3) is 0 Å². The van der Waals surface area contributed by atoms with Crippen LogP contribution >= 0.6 is 0 Å². The van der Waals surface area contributed by atoms with E-state index >= 15 is 0 Å². The van der Waals surface area contributed by atoms with Gasteiger partial charge in [0.25, 0.3) is 5.91 Å². The minimum Gasteiger partial charge on any atom is -0.366 e. The standard InChI is InChI=1S/C18H19N3O2/c1-21-8-7-12-5-6-16(10-15(12)11-21)20-18(23)14-4-2-3-13(9-14)17(19)22/h2-6,9-10H,7-8,11H2,1H3,(H2,19,22)(H,20,23). The summed E-state index contributed by atoms with van der Waals surface area (Å²) in [6.45, 7) is 1.94. The van der Waals surface area contributed by atoms with Gasteiger partial charge in [-0.25, -0.2) is 0 Å². The number of nitrogens with zero attached hydrogens (tertiary/aromatic N) is 1. The number of rotatable bonds is 3. The topological polar surface area (TPSA) is 75.4 Å². The number of hydrogen-bond donors (Lipinski definition) is 2. The van der Waals surface area contributed by atoms with Crippen molar-refractivity contribution in [3.63, 3.8) is 0 Å². The van der Waals surface area contributed by atoms with Crippen LogP contribution in [0.4, 0.5) is 5.69 Å². The number of fused-ring (bicyclic) bond motifs is 1. The number of hydrogen-bond acceptors (Lipinski definition) is 3. The zero-order valence-electron chi connectivity index (χ0n) is 13.0. The van der Waals surface area contributed by atoms with Crippen molar-refractivity contribution in [2.24, 2.45) is 5.73 Å². The minimum atomic E-state index is -0.545. The Kier molecular flexibility index (Phi) is 4.12. The Hall–Kier alpha value is -2.66. The van der Waals surface area contributed by atoms with Gasteiger partial charge in [-0.2, -0.15) is 0 Å². The lowest BCUT2D eigenvalue weighted by Crippen LogP contribution is -2.26. The summed E-state index contributed by atoms with van der Waals surface area (Å²) in [5.41, 5.74) is 9.31. The maximum atomic E-state index is 12.3. The molecule has 118 valence electrons. The number of carbonyl (C=O) groups excluding carboxylic acids is 2. The average molecular weight is 309 g/mol. The van der Waals surface area contributed by atoms with E-state index in [-0.39, 0.29) is 5.91 Å². The minimum absolute atomic E-state index is 0.253. The van der Waals surface area contributed by atoms with Crippen LogP contribution in [0.15, 0.2) is 42.5 Å².